The number of aliphatic hydroxyl groups is 1. The zero-order valence-corrected chi connectivity index (χ0v) is 17.2. The van der Waals surface area contributed by atoms with Crippen LogP contribution in [0, 0.1) is 12.7 Å². The summed E-state index contributed by atoms with van der Waals surface area (Å²) >= 11 is 0. The quantitative estimate of drug-likeness (QED) is 0.573. The second-order valence-corrected chi connectivity index (χ2v) is 7.92. The topological polar surface area (TPSA) is 88.4 Å². The summed E-state index contributed by atoms with van der Waals surface area (Å²) in [5, 5.41) is 12.7. The first-order valence-electron chi connectivity index (χ1n) is 10.3. The Labute approximate surface area is 178 Å². The Morgan fingerprint density at radius 3 is 2.71 bits per heavy atom. The van der Waals surface area contributed by atoms with E-state index in [1.807, 2.05) is 0 Å². The zero-order chi connectivity index (χ0) is 22.1. The van der Waals surface area contributed by atoms with E-state index in [0.717, 1.165) is 12.8 Å². The van der Waals surface area contributed by atoms with E-state index < -0.39 is 5.82 Å². The van der Waals surface area contributed by atoms with Gasteiger partial charge < -0.3 is 15.0 Å². The van der Waals surface area contributed by atoms with Gasteiger partial charge in [-0.3, -0.25) is 14.4 Å². The zero-order valence-electron chi connectivity index (χ0n) is 17.2. The number of carbonyl (C=O) groups is 2. The number of benzene rings is 2. The molecule has 0 spiro atoms. The lowest BCUT2D eigenvalue weighted by Crippen LogP contribution is -2.25. The number of aldehydes is 1. The van der Waals surface area contributed by atoms with Crippen molar-refractivity contribution in [2.45, 2.75) is 38.8 Å². The molecule has 1 aliphatic carbocycles. The second-order valence-electron chi connectivity index (χ2n) is 7.92. The number of carbonyl (C=O) groups excluding carboxylic acids is 2. The first-order valence-corrected chi connectivity index (χ1v) is 10.3. The maximum absolute atomic E-state index is 14.6. The van der Waals surface area contributed by atoms with E-state index in [1.165, 1.54) is 16.8 Å². The smallest absolute Gasteiger partial charge is 0.258 e. The van der Waals surface area contributed by atoms with Crippen molar-refractivity contribution in [2.24, 2.45) is 0 Å². The van der Waals surface area contributed by atoms with Crippen molar-refractivity contribution in [2.75, 3.05) is 6.61 Å². The van der Waals surface area contributed by atoms with Crippen molar-refractivity contribution < 1.29 is 19.1 Å². The summed E-state index contributed by atoms with van der Waals surface area (Å²) in [7, 11) is 0. The standard InChI is InChI=1S/C24H23FN2O4/c1-14-20(10-16(11-22(14)25)23(30)26-18-4-5-18)15-3-6-19-21(9-15)17(13-29)12-27(24(19)31)7-2-8-28/h3,6,9-13,18,28H,2,4-5,7-8H2,1H3,(H,26,30). The number of amides is 1. The molecule has 1 aromatic heterocycles. The van der Waals surface area contributed by atoms with Gasteiger partial charge in [0, 0.05) is 41.9 Å². The molecule has 2 N–H and O–H groups in total. The highest BCUT2D eigenvalue weighted by molar-refractivity contribution is 6.00. The minimum atomic E-state index is -0.492. The van der Waals surface area contributed by atoms with Gasteiger partial charge in [0.05, 0.1) is 0 Å². The van der Waals surface area contributed by atoms with Gasteiger partial charge in [-0.25, -0.2) is 4.39 Å². The lowest BCUT2D eigenvalue weighted by Gasteiger charge is -2.13. The van der Waals surface area contributed by atoms with Crippen molar-refractivity contribution in [1.82, 2.24) is 9.88 Å². The van der Waals surface area contributed by atoms with Crippen LogP contribution in [-0.2, 0) is 6.54 Å². The van der Waals surface area contributed by atoms with Crippen LogP contribution in [0.3, 0.4) is 0 Å². The molecule has 7 heteroatoms. The van der Waals surface area contributed by atoms with Gasteiger partial charge in [-0.1, -0.05) is 6.07 Å². The van der Waals surface area contributed by atoms with E-state index in [2.05, 4.69) is 5.32 Å². The predicted octanol–water partition coefficient (Wildman–Crippen LogP) is 3.20. The molecular formula is C24H23FN2O4. The molecule has 2 aromatic carbocycles. The van der Waals surface area contributed by atoms with Crippen LogP contribution in [0.15, 0.2) is 41.3 Å². The van der Waals surface area contributed by atoms with Crippen LogP contribution in [0.25, 0.3) is 21.9 Å². The predicted molar refractivity (Wildman–Crippen MR) is 116 cm³/mol. The van der Waals surface area contributed by atoms with E-state index in [0.29, 0.717) is 52.3 Å². The van der Waals surface area contributed by atoms with E-state index in [9.17, 15) is 18.8 Å². The Hall–Kier alpha value is -3.32. The Morgan fingerprint density at radius 1 is 1.26 bits per heavy atom. The summed E-state index contributed by atoms with van der Waals surface area (Å²) in [5.74, 6) is -0.808. The number of aromatic nitrogens is 1. The van der Waals surface area contributed by atoms with Gasteiger partial charge >= 0.3 is 0 Å². The minimum absolute atomic E-state index is 0.0602. The van der Waals surface area contributed by atoms with Crippen LogP contribution < -0.4 is 10.9 Å². The molecule has 160 valence electrons. The largest absolute Gasteiger partial charge is 0.396 e. The highest BCUT2D eigenvalue weighted by Gasteiger charge is 2.24. The molecule has 1 heterocycles. The lowest BCUT2D eigenvalue weighted by molar-refractivity contribution is 0.0950. The lowest BCUT2D eigenvalue weighted by atomic mass is 9.94. The molecule has 1 amide bonds. The molecule has 0 aliphatic heterocycles. The van der Waals surface area contributed by atoms with E-state index in [1.54, 1.807) is 31.2 Å². The van der Waals surface area contributed by atoms with Gasteiger partial charge in [0.1, 0.15) is 5.82 Å². The average molecular weight is 422 g/mol. The molecule has 0 bridgehead atoms. The van der Waals surface area contributed by atoms with Gasteiger partial charge in [-0.05, 0) is 72.5 Å². The fraction of sp³-hybridized carbons (Fsp3) is 0.292. The van der Waals surface area contributed by atoms with Gasteiger partial charge in [0.2, 0.25) is 0 Å². The molecule has 31 heavy (non-hydrogen) atoms. The first kappa shape index (κ1) is 20.9. The number of rotatable bonds is 7. The fourth-order valence-corrected chi connectivity index (χ4v) is 3.70. The molecule has 0 saturated heterocycles. The maximum atomic E-state index is 14.6. The van der Waals surface area contributed by atoms with E-state index in [4.69, 9.17) is 5.11 Å². The van der Waals surface area contributed by atoms with Crippen molar-refractivity contribution in [3.8, 4) is 11.1 Å². The van der Waals surface area contributed by atoms with Crippen LogP contribution in [0.1, 0.15) is 45.5 Å². The monoisotopic (exact) mass is 422 g/mol. The molecule has 3 aromatic rings. The third kappa shape index (κ3) is 4.14. The number of fused-ring (bicyclic) bond motifs is 1. The summed E-state index contributed by atoms with van der Waals surface area (Å²) in [5.41, 5.74) is 1.83. The number of nitrogens with one attached hydrogen (secondary N) is 1. The molecule has 1 saturated carbocycles. The highest BCUT2D eigenvalue weighted by Crippen LogP contribution is 2.30. The van der Waals surface area contributed by atoms with Crippen molar-refractivity contribution in [3.05, 3.63) is 69.4 Å². The minimum Gasteiger partial charge on any atom is -0.396 e. The number of nitrogens with zero attached hydrogens (tertiary/aromatic N) is 1. The highest BCUT2D eigenvalue weighted by atomic mass is 19.1. The molecular weight excluding hydrogens is 399 g/mol. The Morgan fingerprint density at radius 2 is 2.03 bits per heavy atom. The summed E-state index contributed by atoms with van der Waals surface area (Å²) in [6.07, 6.45) is 4.41. The van der Waals surface area contributed by atoms with Crippen LogP contribution in [0.5, 0.6) is 0 Å². The van der Waals surface area contributed by atoms with Crippen molar-refractivity contribution in [3.63, 3.8) is 0 Å². The number of halogens is 1. The first-order chi connectivity index (χ1) is 14.9. The van der Waals surface area contributed by atoms with Gasteiger partial charge in [0.25, 0.3) is 11.5 Å². The molecule has 6 nitrogen and oxygen atoms in total. The Kier molecular flexibility index (Phi) is 5.69. The molecule has 0 unspecified atom stereocenters. The van der Waals surface area contributed by atoms with Crippen molar-refractivity contribution >= 4 is 23.0 Å². The summed E-state index contributed by atoms with van der Waals surface area (Å²) in [4.78, 5) is 36.9. The van der Waals surface area contributed by atoms with Gasteiger partial charge in [0.15, 0.2) is 6.29 Å². The third-order valence-electron chi connectivity index (χ3n) is 5.63. The van der Waals surface area contributed by atoms with Crippen molar-refractivity contribution in [1.29, 1.82) is 0 Å². The number of hydrogen-bond donors (Lipinski definition) is 2. The SMILES string of the molecule is Cc1c(F)cc(C(=O)NC2CC2)cc1-c1ccc2c(=O)n(CCCO)cc(C=O)c2c1. The Bertz CT molecular complexity index is 1240. The third-order valence-corrected chi connectivity index (χ3v) is 5.63. The number of aryl methyl sites for hydroxylation is 1. The summed E-state index contributed by atoms with van der Waals surface area (Å²) in [6.45, 7) is 1.87. The molecule has 1 fully saturated rings. The van der Waals surface area contributed by atoms with E-state index >= 15 is 0 Å². The maximum Gasteiger partial charge on any atom is 0.258 e. The van der Waals surface area contributed by atoms with Crippen LogP contribution in [-0.4, -0.2) is 34.5 Å². The van der Waals surface area contributed by atoms with E-state index in [-0.39, 0.29) is 29.7 Å². The molecule has 1 aliphatic rings. The van der Waals surface area contributed by atoms with Crippen LogP contribution in [0.2, 0.25) is 0 Å². The van der Waals surface area contributed by atoms with Gasteiger partial charge in [-0.2, -0.15) is 0 Å². The normalized spacial score (nSPS) is 13.4. The number of pyridine rings is 1. The number of aliphatic hydroxyl groups excluding tert-OH is 1. The summed E-state index contributed by atoms with van der Waals surface area (Å²) < 4.78 is 16.0. The van der Waals surface area contributed by atoms with Crippen LogP contribution >= 0.6 is 0 Å². The van der Waals surface area contributed by atoms with Gasteiger partial charge in [-0.15, -0.1) is 0 Å². The molecule has 0 atom stereocenters. The number of hydrogen-bond acceptors (Lipinski definition) is 4. The fourth-order valence-electron chi connectivity index (χ4n) is 3.70. The Balaban J connectivity index is 1.83. The average Bonchev–Trinajstić information content (AvgIpc) is 3.58. The van der Waals surface area contributed by atoms with Crippen LogP contribution in [0.4, 0.5) is 4.39 Å². The summed E-state index contributed by atoms with van der Waals surface area (Å²) in [6, 6.07) is 8.02. The molecule has 0 radical (unpaired) electrons. The second kappa shape index (κ2) is 8.43. The molecule has 4 rings (SSSR count).